The molecule has 0 radical (unpaired) electrons. The van der Waals surface area contributed by atoms with Crippen LogP contribution in [0.5, 0.6) is 0 Å². The molecule has 0 aliphatic carbocycles. The summed E-state index contributed by atoms with van der Waals surface area (Å²) in [5.74, 6) is 3.74. The first kappa shape index (κ1) is 32.1. The Morgan fingerprint density at radius 1 is 1.11 bits per heavy atom. The Kier molecular flexibility index (Phi) is 13.2. The van der Waals surface area contributed by atoms with E-state index in [1.54, 1.807) is 0 Å². The number of carbonyl (C=O) groups is 1. The molecule has 1 saturated heterocycles. The Morgan fingerprint density at radius 2 is 1.72 bits per heavy atom. The molecule has 1 aromatic carbocycles. The summed E-state index contributed by atoms with van der Waals surface area (Å²) in [5.41, 5.74) is 5.21. The number of amidine groups is 1. The van der Waals surface area contributed by atoms with E-state index in [1.165, 1.54) is 17.9 Å². The van der Waals surface area contributed by atoms with Gasteiger partial charge in [-0.25, -0.2) is 15.0 Å². The van der Waals surface area contributed by atoms with Gasteiger partial charge in [0.25, 0.3) is 0 Å². The Balaban J connectivity index is 0.000000419. The smallest absolute Gasteiger partial charge is 0.227 e. The maximum absolute atomic E-state index is 11.9. The first-order valence-corrected chi connectivity index (χ1v) is 16.2. The zero-order valence-electron chi connectivity index (χ0n) is 25.0. The maximum atomic E-state index is 11.9. The normalized spacial score (nSPS) is 15.9. The monoisotopic (exact) mass is 515 g/mol. The first-order valence-electron chi connectivity index (χ1n) is 13.8. The third kappa shape index (κ3) is 8.61. The van der Waals surface area contributed by atoms with E-state index >= 15 is 0 Å². The van der Waals surface area contributed by atoms with Crippen LogP contribution in [0, 0.1) is 6.92 Å². The lowest BCUT2D eigenvalue weighted by atomic mass is 10.1. The molecule has 1 fully saturated rings. The number of carbonyl (C=O) groups excluding carboxylic acids is 1. The van der Waals surface area contributed by atoms with Crippen LogP contribution in [-0.2, 0) is 4.79 Å². The third-order valence-corrected chi connectivity index (χ3v) is 12.7. The zero-order valence-corrected chi connectivity index (χ0v) is 25.8. The number of nitrogens with zero attached hydrogens (tertiary/aromatic N) is 3. The van der Waals surface area contributed by atoms with Gasteiger partial charge in [0, 0.05) is 24.2 Å². The minimum absolute atomic E-state index is 0.214. The van der Waals surface area contributed by atoms with Crippen LogP contribution >= 0.6 is 10.0 Å². The van der Waals surface area contributed by atoms with Gasteiger partial charge >= 0.3 is 0 Å². The molecule has 0 spiro atoms. The Labute approximate surface area is 224 Å². The summed E-state index contributed by atoms with van der Waals surface area (Å²) in [4.78, 5) is 23.0. The summed E-state index contributed by atoms with van der Waals surface area (Å²) >= 11 is 0. The van der Waals surface area contributed by atoms with E-state index in [-0.39, 0.29) is 15.9 Å². The van der Waals surface area contributed by atoms with Crippen LogP contribution in [0.2, 0.25) is 0 Å². The van der Waals surface area contributed by atoms with Crippen molar-refractivity contribution < 1.29 is 4.79 Å². The van der Waals surface area contributed by atoms with Gasteiger partial charge in [-0.2, -0.15) is 0 Å². The fourth-order valence-corrected chi connectivity index (χ4v) is 6.33. The Hall–Kier alpha value is -1.88. The largest absolute Gasteiger partial charge is 0.312 e. The molecule has 0 aromatic heterocycles. The highest BCUT2D eigenvalue weighted by atomic mass is 32.3. The lowest BCUT2D eigenvalue weighted by molar-refractivity contribution is -0.117. The molecule has 2 aliphatic rings. The molecule has 0 N–H and O–H groups in total. The van der Waals surface area contributed by atoms with Gasteiger partial charge in [0.1, 0.15) is 0 Å². The molecule has 0 atom stereocenters. The van der Waals surface area contributed by atoms with E-state index in [2.05, 4.69) is 91.2 Å². The second kappa shape index (κ2) is 14.8. The van der Waals surface area contributed by atoms with Crippen molar-refractivity contribution in [2.24, 2.45) is 9.98 Å². The lowest BCUT2D eigenvalue weighted by Crippen LogP contribution is -2.27. The predicted molar refractivity (Wildman–Crippen MR) is 166 cm³/mol. The topological polar surface area (TPSA) is 45.0 Å². The van der Waals surface area contributed by atoms with Gasteiger partial charge in [0.2, 0.25) is 5.91 Å². The fourth-order valence-electron chi connectivity index (χ4n) is 4.19. The molecule has 1 amide bonds. The van der Waals surface area contributed by atoms with Crippen molar-refractivity contribution in [3.63, 3.8) is 0 Å². The molecule has 3 rings (SSSR count). The van der Waals surface area contributed by atoms with Crippen LogP contribution in [0.4, 0.5) is 5.69 Å². The molecule has 2 heterocycles. The van der Waals surface area contributed by atoms with Gasteiger partial charge in [-0.05, 0) is 71.6 Å². The number of benzene rings is 1. The molecule has 204 valence electrons. The van der Waals surface area contributed by atoms with Crippen molar-refractivity contribution in [2.45, 2.75) is 99.2 Å². The second-order valence-electron chi connectivity index (χ2n) is 10.9. The zero-order chi connectivity index (χ0) is 27.5. The SMILES string of the molecule is C=C(CCC)C1=NC(c2ccc(N3CCCC3=O)cc2C)=NC1.CCC.CCS(C)(CC)C(C)(C)C. The summed E-state index contributed by atoms with van der Waals surface area (Å²) in [6.45, 7) is 25.7. The fraction of sp³-hybridized carbons (Fsp3) is 0.645. The van der Waals surface area contributed by atoms with Crippen LogP contribution in [0.25, 0.3) is 0 Å². The molecule has 0 unspecified atom stereocenters. The summed E-state index contributed by atoms with van der Waals surface area (Å²) in [6, 6.07) is 6.10. The molecule has 4 nitrogen and oxygen atoms in total. The molecule has 2 aliphatic heterocycles. The highest BCUT2D eigenvalue weighted by molar-refractivity contribution is 8.34. The van der Waals surface area contributed by atoms with Gasteiger partial charge < -0.3 is 4.90 Å². The van der Waals surface area contributed by atoms with Gasteiger partial charge in [0.05, 0.1) is 12.3 Å². The van der Waals surface area contributed by atoms with Crippen LogP contribution in [0.3, 0.4) is 0 Å². The highest BCUT2D eigenvalue weighted by Crippen LogP contribution is 2.55. The minimum atomic E-state index is -0.331. The number of amides is 1. The Morgan fingerprint density at radius 3 is 2.14 bits per heavy atom. The van der Waals surface area contributed by atoms with Gasteiger partial charge in [-0.1, -0.05) is 74.8 Å². The third-order valence-electron chi connectivity index (χ3n) is 7.17. The molecular formula is C31H53N3OS. The first-order chi connectivity index (χ1) is 16.9. The van der Waals surface area contributed by atoms with E-state index in [9.17, 15) is 4.79 Å². The Bertz CT molecular complexity index is 936. The number of aryl methyl sites for hydroxylation is 1. The lowest BCUT2D eigenvalue weighted by Gasteiger charge is -2.46. The minimum Gasteiger partial charge on any atom is -0.312 e. The highest BCUT2D eigenvalue weighted by Gasteiger charge is 2.28. The average Bonchev–Trinajstić information content (AvgIpc) is 3.48. The van der Waals surface area contributed by atoms with Crippen LogP contribution in [-0.4, -0.2) is 53.1 Å². The average molecular weight is 516 g/mol. The van der Waals surface area contributed by atoms with Gasteiger partial charge in [-0.15, -0.1) is 0 Å². The summed E-state index contributed by atoms with van der Waals surface area (Å²) in [6.07, 6.45) is 7.36. The van der Waals surface area contributed by atoms with Crippen LogP contribution in [0.15, 0.2) is 40.3 Å². The molecule has 36 heavy (non-hydrogen) atoms. The van der Waals surface area contributed by atoms with E-state index in [4.69, 9.17) is 0 Å². The summed E-state index contributed by atoms with van der Waals surface area (Å²) < 4.78 is 0.538. The van der Waals surface area contributed by atoms with Gasteiger partial charge in [-0.3, -0.25) is 9.79 Å². The standard InChI is InChI=1S/C19H23N3O.C9H22S.C3H8/c1-4-6-13(2)17-12-20-19(21-17)16-9-8-15(11-14(16)3)22-10-5-7-18(22)23;1-7-10(6,8-2)9(3,4)5;1-3-2/h8-9,11H,2,4-7,10,12H2,1,3H3;7-8H2,1-6H3;3H2,1-2H3. The van der Waals surface area contributed by atoms with Crippen molar-refractivity contribution >= 4 is 33.2 Å². The van der Waals surface area contributed by atoms with Crippen LogP contribution < -0.4 is 4.90 Å². The van der Waals surface area contributed by atoms with Crippen LogP contribution in [0.1, 0.15) is 98.6 Å². The molecule has 0 bridgehead atoms. The van der Waals surface area contributed by atoms with Crippen molar-refractivity contribution in [2.75, 3.05) is 35.8 Å². The predicted octanol–water partition coefficient (Wildman–Crippen LogP) is 8.35. The van der Waals surface area contributed by atoms with Crippen molar-refractivity contribution in [3.8, 4) is 0 Å². The van der Waals surface area contributed by atoms with Gasteiger partial charge in [0.15, 0.2) is 5.84 Å². The molecule has 1 aromatic rings. The van der Waals surface area contributed by atoms with E-state index in [1.807, 2.05) is 17.0 Å². The van der Waals surface area contributed by atoms with E-state index in [0.29, 0.717) is 17.7 Å². The molecule has 5 heteroatoms. The summed E-state index contributed by atoms with van der Waals surface area (Å²) in [5, 5.41) is 0. The number of anilines is 1. The van der Waals surface area contributed by atoms with Crippen molar-refractivity contribution in [1.29, 1.82) is 0 Å². The quantitative estimate of drug-likeness (QED) is 0.360. The van der Waals surface area contributed by atoms with Crippen molar-refractivity contribution in [3.05, 3.63) is 41.5 Å². The molecular weight excluding hydrogens is 462 g/mol. The summed E-state index contributed by atoms with van der Waals surface area (Å²) in [7, 11) is -0.331. The number of hydrogen-bond acceptors (Lipinski definition) is 3. The number of hydrogen-bond donors (Lipinski definition) is 0. The van der Waals surface area contributed by atoms with E-state index in [0.717, 1.165) is 59.7 Å². The second-order valence-corrected chi connectivity index (χ2v) is 15.8. The molecule has 0 saturated carbocycles. The van der Waals surface area contributed by atoms with E-state index < -0.39 is 0 Å². The number of aliphatic imine (C=N–C) groups is 2. The van der Waals surface area contributed by atoms with Crippen molar-refractivity contribution in [1.82, 2.24) is 0 Å². The maximum Gasteiger partial charge on any atom is 0.227 e. The number of rotatable bonds is 7.